The number of hydrogen-bond donors (Lipinski definition) is 8. The largest absolute Gasteiger partial charge is 0.363 e. The number of aromatic nitrogens is 4. The van der Waals surface area contributed by atoms with Gasteiger partial charge in [-0.3, -0.25) is 60.0 Å². The SMILES string of the molecule is CN(C)C(=N)c1ccc(C(=O)Cc2ccccc2C(=O)Nc2ccc(Br)cn2)c(F)c1.Cc1ccc(CC(=O)c2ccc(C(=N)N(C)C)cc2)c(C(=O)Nc2ccc(Br)cn2)c1.Cc1ccc(CC(=O)c2ccc(C(=N)N(C)C)cc2)c(C(=O)Nc2ccc(Cl)cn2)c1.Cc1ccc(CC(=O)c2ccc(C(=N)N(C)C)cc2F)c(C(=O)Nc2ccc(Br)cn2)c1. The number of anilines is 4. The van der Waals surface area contributed by atoms with E-state index in [1.165, 1.54) is 36.5 Å². The van der Waals surface area contributed by atoms with Crippen molar-refractivity contribution in [1.29, 1.82) is 21.6 Å². The van der Waals surface area contributed by atoms with E-state index in [1.807, 2.05) is 39.0 Å². The summed E-state index contributed by atoms with van der Waals surface area (Å²) in [6.07, 6.45) is 6.10. The summed E-state index contributed by atoms with van der Waals surface area (Å²) in [6.45, 7) is 5.64. The van der Waals surface area contributed by atoms with E-state index in [2.05, 4.69) is 89.0 Å². The Balaban J connectivity index is 0.000000189. The minimum Gasteiger partial charge on any atom is -0.363 e. The first-order chi connectivity index (χ1) is 59.4. The van der Waals surface area contributed by atoms with E-state index in [0.717, 1.165) is 41.2 Å². The molecule has 0 bridgehead atoms. The number of rotatable bonds is 24. The maximum absolute atomic E-state index is 14.6. The molecule has 0 aliphatic heterocycles. The molecule has 638 valence electrons. The molecule has 0 radical (unpaired) electrons. The molecule has 8 N–H and O–H groups in total. The van der Waals surface area contributed by atoms with Gasteiger partial charge in [-0.1, -0.05) is 144 Å². The van der Waals surface area contributed by atoms with Gasteiger partial charge in [0.05, 0.1) is 16.1 Å². The molecular formula is C95H88Br3ClF2N16O8. The number of hydrogen-bond acceptors (Lipinski definition) is 16. The maximum Gasteiger partial charge on any atom is 0.257 e. The third-order valence-electron chi connectivity index (χ3n) is 18.9. The van der Waals surface area contributed by atoms with Crippen molar-refractivity contribution in [2.24, 2.45) is 0 Å². The molecule has 0 fully saturated rings. The number of carbonyl (C=O) groups is 8. The number of amides is 4. The van der Waals surface area contributed by atoms with Crippen molar-refractivity contribution in [1.82, 2.24) is 39.5 Å². The summed E-state index contributed by atoms with van der Waals surface area (Å²) < 4.78 is 31.6. The highest BCUT2D eigenvalue weighted by Crippen LogP contribution is 2.26. The smallest absolute Gasteiger partial charge is 0.257 e. The number of pyridine rings is 4. The second kappa shape index (κ2) is 44.4. The van der Waals surface area contributed by atoms with Gasteiger partial charge in [-0.15, -0.1) is 0 Å². The number of nitrogens with one attached hydrogen (secondary N) is 8. The fraction of sp³-hybridized carbons (Fsp3) is 0.158. The molecule has 12 rings (SSSR count). The number of aryl methyl sites for hydroxylation is 3. The molecule has 4 amide bonds. The van der Waals surface area contributed by atoms with E-state index in [9.17, 15) is 47.1 Å². The number of carbonyl (C=O) groups excluding carboxylic acids is 8. The quantitative estimate of drug-likeness (QED) is 0.0158. The van der Waals surface area contributed by atoms with Crippen LogP contribution >= 0.6 is 59.4 Å². The van der Waals surface area contributed by atoms with Crippen LogP contribution in [-0.4, -0.2) is 166 Å². The van der Waals surface area contributed by atoms with Crippen LogP contribution in [-0.2, 0) is 25.7 Å². The zero-order valence-electron chi connectivity index (χ0n) is 70.0. The number of Topliss-reactive ketones (excluding diaryl/α,β-unsaturated/α-hetero) is 4. The monoisotopic (exact) mass is 1890 g/mol. The van der Waals surface area contributed by atoms with Gasteiger partial charge in [0.15, 0.2) is 23.1 Å². The van der Waals surface area contributed by atoms with Crippen LogP contribution in [0.3, 0.4) is 0 Å². The standard InChI is InChI=1S/C24H22BrFN4O2.C24H23BrN4O2.C24H23ClN4O2.C23H20BrFN4O2/c1-14-4-5-15(19(10-14)24(32)29-22-9-7-17(25)13-28-22)12-21(31)18-8-6-16(11-20(18)26)23(27)30(2)3;2*1-15-4-5-18(20(12-15)24(31)28-22-11-10-19(25)14-27-22)13-21(30)16-6-8-17(9-7-16)23(26)29(2)3;1-29(2)22(26)15-7-9-18(19(25)11-15)20(30)12-14-5-3-4-6-17(14)23(31)28-21-10-8-16(24)13-27-21/h4-11,13,27H,12H2,1-3H3,(H,28,29,32);2*4-12,14,26H,13H2,1-3H3,(H,27,28,31);3-11,13,26H,12H2,1-2H3,(H,27,28,31). The summed E-state index contributed by atoms with van der Waals surface area (Å²) in [5, 5.41) is 43.4. The summed E-state index contributed by atoms with van der Waals surface area (Å²) >= 11 is 15.7. The Morgan fingerprint density at radius 2 is 0.584 bits per heavy atom. The van der Waals surface area contributed by atoms with Gasteiger partial charge in [-0.25, -0.2) is 28.7 Å². The molecule has 125 heavy (non-hydrogen) atoms. The minimum atomic E-state index is -0.699. The van der Waals surface area contributed by atoms with Gasteiger partial charge in [0.1, 0.15) is 58.2 Å². The highest BCUT2D eigenvalue weighted by atomic mass is 79.9. The van der Waals surface area contributed by atoms with E-state index in [0.29, 0.717) is 107 Å². The van der Waals surface area contributed by atoms with Gasteiger partial charge in [0.2, 0.25) is 0 Å². The molecule has 0 spiro atoms. The summed E-state index contributed by atoms with van der Waals surface area (Å²) in [5.41, 5.74) is 9.57. The first-order valence-corrected chi connectivity index (χ1v) is 41.2. The average molecular weight is 1900 g/mol. The highest BCUT2D eigenvalue weighted by molar-refractivity contribution is 9.11. The van der Waals surface area contributed by atoms with Gasteiger partial charge >= 0.3 is 0 Å². The van der Waals surface area contributed by atoms with Crippen LogP contribution in [0.1, 0.15) is 144 Å². The van der Waals surface area contributed by atoms with Crippen molar-refractivity contribution < 1.29 is 47.1 Å². The van der Waals surface area contributed by atoms with Crippen molar-refractivity contribution >= 4 is 153 Å². The number of amidine groups is 4. The van der Waals surface area contributed by atoms with Crippen molar-refractivity contribution in [2.75, 3.05) is 77.6 Å². The Morgan fingerprint density at radius 1 is 0.312 bits per heavy atom. The molecule has 0 saturated heterocycles. The minimum absolute atomic E-state index is 0.0817. The van der Waals surface area contributed by atoms with E-state index < -0.39 is 35.0 Å². The molecule has 4 heterocycles. The molecule has 4 aromatic heterocycles. The van der Waals surface area contributed by atoms with Gasteiger partial charge < -0.3 is 40.9 Å². The summed E-state index contributed by atoms with van der Waals surface area (Å²) in [6, 6.07) is 58.4. The van der Waals surface area contributed by atoms with Gasteiger partial charge in [0.25, 0.3) is 23.6 Å². The van der Waals surface area contributed by atoms with E-state index >= 15 is 0 Å². The van der Waals surface area contributed by atoms with E-state index in [4.69, 9.17) is 33.2 Å². The second-order valence-corrected chi connectivity index (χ2v) is 32.5. The van der Waals surface area contributed by atoms with Crippen molar-refractivity contribution in [3.05, 3.63) is 373 Å². The zero-order valence-corrected chi connectivity index (χ0v) is 75.5. The molecule has 8 aromatic carbocycles. The van der Waals surface area contributed by atoms with Crippen molar-refractivity contribution in [3.63, 3.8) is 0 Å². The fourth-order valence-electron chi connectivity index (χ4n) is 12.1. The van der Waals surface area contributed by atoms with Crippen LogP contribution in [0, 0.1) is 54.0 Å². The Labute approximate surface area is 752 Å². The highest BCUT2D eigenvalue weighted by Gasteiger charge is 2.25. The predicted octanol–water partition coefficient (Wildman–Crippen LogP) is 18.7. The second-order valence-electron chi connectivity index (χ2n) is 29.3. The Bertz CT molecular complexity index is 5880. The number of ketones is 4. The van der Waals surface area contributed by atoms with Crippen molar-refractivity contribution in [3.8, 4) is 0 Å². The molecular weight excluding hydrogens is 1810 g/mol. The van der Waals surface area contributed by atoms with Crippen LogP contribution in [0.2, 0.25) is 5.02 Å². The van der Waals surface area contributed by atoms with Crippen LogP contribution < -0.4 is 21.3 Å². The summed E-state index contributed by atoms with van der Waals surface area (Å²) in [4.78, 5) is 126. The van der Waals surface area contributed by atoms with Crippen LogP contribution in [0.15, 0.2) is 251 Å². The Morgan fingerprint density at radius 3 is 0.880 bits per heavy atom. The lowest BCUT2D eigenvalue weighted by Gasteiger charge is -2.14. The van der Waals surface area contributed by atoms with E-state index in [-0.39, 0.29) is 71.9 Å². The lowest BCUT2D eigenvalue weighted by atomic mass is 9.96. The molecule has 24 nitrogen and oxygen atoms in total. The van der Waals surface area contributed by atoms with Crippen LogP contribution in [0.5, 0.6) is 0 Å². The normalized spacial score (nSPS) is 10.5. The Kier molecular flexibility index (Phi) is 33.9. The fourth-order valence-corrected chi connectivity index (χ4v) is 12.9. The topological polar surface area (TPSA) is 345 Å². The molecule has 30 heteroatoms. The third kappa shape index (κ3) is 27.2. The summed E-state index contributed by atoms with van der Waals surface area (Å²) in [7, 11) is 13.9. The molecule has 0 atom stereocenters. The van der Waals surface area contributed by atoms with Crippen molar-refractivity contribution in [2.45, 2.75) is 46.5 Å². The average Bonchev–Trinajstić information content (AvgIpc) is 0.826. The first-order valence-electron chi connectivity index (χ1n) is 38.5. The summed E-state index contributed by atoms with van der Waals surface area (Å²) in [5.74, 6) is -1.37. The number of benzene rings is 8. The third-order valence-corrected chi connectivity index (χ3v) is 20.5. The van der Waals surface area contributed by atoms with Gasteiger partial charge in [0, 0.05) is 176 Å². The van der Waals surface area contributed by atoms with Gasteiger partial charge in [-0.2, -0.15) is 0 Å². The lowest BCUT2D eigenvalue weighted by Crippen LogP contribution is -2.22. The van der Waals surface area contributed by atoms with Gasteiger partial charge in [-0.05, 0) is 188 Å². The Hall–Kier alpha value is -13.6. The molecule has 0 unspecified atom stereocenters. The van der Waals surface area contributed by atoms with E-state index in [1.54, 1.807) is 258 Å². The van der Waals surface area contributed by atoms with Crippen LogP contribution in [0.25, 0.3) is 0 Å². The van der Waals surface area contributed by atoms with Crippen LogP contribution in [0.4, 0.5) is 32.1 Å². The predicted molar refractivity (Wildman–Crippen MR) is 497 cm³/mol. The maximum atomic E-state index is 14.6. The molecule has 0 aliphatic carbocycles. The molecule has 0 aliphatic rings. The number of halogens is 6. The number of nitrogens with zero attached hydrogens (tertiary/aromatic N) is 8. The molecule has 12 aromatic rings. The molecule has 0 saturated carbocycles. The zero-order chi connectivity index (χ0) is 91.0. The first kappa shape index (κ1) is 95.2. The lowest BCUT2D eigenvalue weighted by molar-refractivity contribution is 0.0976.